The molecule has 0 unspecified atom stereocenters. The second kappa shape index (κ2) is 5.92. The number of carbonyl (C=O) groups is 1. The van der Waals surface area contributed by atoms with Crippen LogP contribution in [-0.2, 0) is 0 Å². The van der Waals surface area contributed by atoms with Crippen molar-refractivity contribution in [2.45, 2.75) is 6.92 Å². The van der Waals surface area contributed by atoms with Crippen LogP contribution in [0.15, 0.2) is 48.5 Å². The number of ether oxygens (including phenoxy) is 1. The second-order valence-electron chi connectivity index (χ2n) is 5.04. The maximum absolute atomic E-state index is 11.5. The van der Waals surface area contributed by atoms with Gasteiger partial charge in [0.25, 0.3) is 0 Å². The first-order chi connectivity index (χ1) is 11.1. The number of para-hydroxylation sites is 1. The standard InChI is InChI=1S/C17H15N3O3/c1-11-7-9-12(10-8-11)20-16(15(17(21)22)18-19-20)13-5-3-4-6-14(13)23-2/h3-10H,1-2H3,(H,21,22). The SMILES string of the molecule is COc1ccccc1-c1c(C(=O)O)nnn1-c1ccc(C)cc1. The maximum Gasteiger partial charge on any atom is 0.358 e. The average molecular weight is 309 g/mol. The summed E-state index contributed by atoms with van der Waals surface area (Å²) in [6, 6.07) is 14.8. The fraction of sp³-hybridized carbons (Fsp3) is 0.118. The van der Waals surface area contributed by atoms with Gasteiger partial charge in [-0.05, 0) is 31.2 Å². The Balaban J connectivity index is 2.27. The molecule has 1 aromatic heterocycles. The largest absolute Gasteiger partial charge is 0.496 e. The number of aryl methyl sites for hydroxylation is 1. The first-order valence-corrected chi connectivity index (χ1v) is 7.01. The summed E-state index contributed by atoms with van der Waals surface area (Å²) in [5.41, 5.74) is 2.73. The highest BCUT2D eigenvalue weighted by molar-refractivity contribution is 5.94. The number of nitrogens with zero attached hydrogens (tertiary/aromatic N) is 3. The van der Waals surface area contributed by atoms with E-state index in [1.54, 1.807) is 19.2 Å². The minimum absolute atomic E-state index is 0.116. The fourth-order valence-corrected chi connectivity index (χ4v) is 2.37. The topological polar surface area (TPSA) is 77.2 Å². The minimum atomic E-state index is -1.13. The van der Waals surface area contributed by atoms with Crippen LogP contribution < -0.4 is 4.74 Å². The Morgan fingerprint density at radius 3 is 2.48 bits per heavy atom. The highest BCUT2D eigenvalue weighted by Crippen LogP contribution is 2.32. The molecule has 0 radical (unpaired) electrons. The Hall–Kier alpha value is -3.15. The van der Waals surface area contributed by atoms with Gasteiger partial charge in [-0.25, -0.2) is 9.48 Å². The van der Waals surface area contributed by atoms with Gasteiger partial charge >= 0.3 is 5.97 Å². The molecule has 6 nitrogen and oxygen atoms in total. The van der Waals surface area contributed by atoms with Crippen molar-refractivity contribution in [3.05, 3.63) is 59.8 Å². The van der Waals surface area contributed by atoms with Crippen molar-refractivity contribution >= 4 is 5.97 Å². The molecule has 1 N–H and O–H groups in total. The molecule has 0 saturated heterocycles. The number of carboxylic acid groups (broad SMARTS) is 1. The minimum Gasteiger partial charge on any atom is -0.496 e. The smallest absolute Gasteiger partial charge is 0.358 e. The highest BCUT2D eigenvalue weighted by atomic mass is 16.5. The van der Waals surface area contributed by atoms with E-state index in [1.807, 2.05) is 43.3 Å². The van der Waals surface area contributed by atoms with E-state index < -0.39 is 5.97 Å². The number of hydrogen-bond acceptors (Lipinski definition) is 4. The summed E-state index contributed by atoms with van der Waals surface area (Å²) in [6.07, 6.45) is 0. The van der Waals surface area contributed by atoms with Gasteiger partial charge in [-0.3, -0.25) is 0 Å². The van der Waals surface area contributed by atoms with Gasteiger partial charge in [-0.2, -0.15) is 0 Å². The van der Waals surface area contributed by atoms with E-state index in [0.29, 0.717) is 17.0 Å². The fourth-order valence-electron chi connectivity index (χ4n) is 2.37. The van der Waals surface area contributed by atoms with Crippen molar-refractivity contribution in [2.24, 2.45) is 0 Å². The van der Waals surface area contributed by atoms with E-state index in [1.165, 1.54) is 4.68 Å². The molecule has 0 bridgehead atoms. The summed E-state index contributed by atoms with van der Waals surface area (Å²) in [4.78, 5) is 11.5. The normalized spacial score (nSPS) is 10.5. The predicted octanol–water partition coefficient (Wildman–Crippen LogP) is 2.95. The highest BCUT2D eigenvalue weighted by Gasteiger charge is 2.23. The lowest BCUT2D eigenvalue weighted by atomic mass is 10.1. The molecule has 0 amide bonds. The first kappa shape index (κ1) is 14.8. The molecule has 0 spiro atoms. The predicted molar refractivity (Wildman–Crippen MR) is 85.0 cm³/mol. The van der Waals surface area contributed by atoms with Gasteiger partial charge < -0.3 is 9.84 Å². The molecule has 0 aliphatic rings. The summed E-state index contributed by atoms with van der Waals surface area (Å²) in [5.74, 6) is -0.574. The van der Waals surface area contributed by atoms with E-state index in [4.69, 9.17) is 4.74 Å². The summed E-state index contributed by atoms with van der Waals surface area (Å²) in [5, 5.41) is 17.3. The molecule has 116 valence electrons. The van der Waals surface area contributed by atoms with Crippen LogP contribution in [0.3, 0.4) is 0 Å². The monoisotopic (exact) mass is 309 g/mol. The number of hydrogen-bond donors (Lipinski definition) is 1. The van der Waals surface area contributed by atoms with Crippen LogP contribution in [0.1, 0.15) is 16.1 Å². The van der Waals surface area contributed by atoms with Crippen LogP contribution in [0, 0.1) is 6.92 Å². The lowest BCUT2D eigenvalue weighted by Crippen LogP contribution is -2.04. The lowest BCUT2D eigenvalue weighted by molar-refractivity contribution is 0.0691. The van der Waals surface area contributed by atoms with Crippen molar-refractivity contribution in [2.75, 3.05) is 7.11 Å². The molecule has 3 rings (SSSR count). The van der Waals surface area contributed by atoms with Crippen LogP contribution in [-0.4, -0.2) is 33.2 Å². The van der Waals surface area contributed by atoms with Crippen molar-refractivity contribution in [1.82, 2.24) is 15.0 Å². The molecule has 3 aromatic rings. The molecule has 0 saturated carbocycles. The van der Waals surface area contributed by atoms with E-state index in [9.17, 15) is 9.90 Å². The van der Waals surface area contributed by atoms with E-state index in [2.05, 4.69) is 10.3 Å². The third-order valence-electron chi connectivity index (χ3n) is 3.51. The maximum atomic E-state index is 11.5. The Morgan fingerprint density at radius 2 is 1.83 bits per heavy atom. The Kier molecular flexibility index (Phi) is 3.80. The molecule has 0 atom stereocenters. The zero-order valence-electron chi connectivity index (χ0n) is 12.7. The number of aromatic nitrogens is 3. The van der Waals surface area contributed by atoms with Gasteiger partial charge in [-0.15, -0.1) is 5.10 Å². The first-order valence-electron chi connectivity index (χ1n) is 7.01. The molecule has 23 heavy (non-hydrogen) atoms. The van der Waals surface area contributed by atoms with Gasteiger partial charge in [-0.1, -0.05) is 35.0 Å². The van der Waals surface area contributed by atoms with Gasteiger partial charge in [0, 0.05) is 5.56 Å². The number of methoxy groups -OCH3 is 1. The molecular formula is C17H15N3O3. The summed E-state index contributed by atoms with van der Waals surface area (Å²) >= 11 is 0. The van der Waals surface area contributed by atoms with E-state index in [-0.39, 0.29) is 5.69 Å². The molecule has 0 aliphatic carbocycles. The average Bonchev–Trinajstić information content (AvgIpc) is 3.00. The van der Waals surface area contributed by atoms with Crippen molar-refractivity contribution < 1.29 is 14.6 Å². The number of aromatic carboxylic acids is 1. The molecule has 1 heterocycles. The molecule has 2 aromatic carbocycles. The van der Waals surface area contributed by atoms with Gasteiger partial charge in [0.15, 0.2) is 5.69 Å². The zero-order valence-corrected chi connectivity index (χ0v) is 12.7. The van der Waals surface area contributed by atoms with Crippen molar-refractivity contribution in [3.63, 3.8) is 0 Å². The Bertz CT molecular complexity index is 854. The van der Waals surface area contributed by atoms with E-state index in [0.717, 1.165) is 11.3 Å². The molecule has 0 aliphatic heterocycles. The van der Waals surface area contributed by atoms with Crippen LogP contribution in [0.4, 0.5) is 0 Å². The molecular weight excluding hydrogens is 294 g/mol. The summed E-state index contributed by atoms with van der Waals surface area (Å²) < 4.78 is 6.87. The summed E-state index contributed by atoms with van der Waals surface area (Å²) in [7, 11) is 1.54. The number of rotatable bonds is 4. The van der Waals surface area contributed by atoms with Gasteiger partial charge in [0.2, 0.25) is 0 Å². The number of carboxylic acids is 1. The quantitative estimate of drug-likeness (QED) is 0.801. The zero-order chi connectivity index (χ0) is 16.4. The molecule has 0 fully saturated rings. The second-order valence-corrected chi connectivity index (χ2v) is 5.04. The number of benzene rings is 2. The van der Waals surface area contributed by atoms with Crippen LogP contribution in [0.2, 0.25) is 0 Å². The molecule has 6 heteroatoms. The Labute approximate surface area is 133 Å². The third kappa shape index (κ3) is 2.66. The van der Waals surface area contributed by atoms with Crippen LogP contribution >= 0.6 is 0 Å². The van der Waals surface area contributed by atoms with Crippen LogP contribution in [0.25, 0.3) is 16.9 Å². The van der Waals surface area contributed by atoms with Crippen molar-refractivity contribution in [1.29, 1.82) is 0 Å². The van der Waals surface area contributed by atoms with Gasteiger partial charge in [0.05, 0.1) is 12.8 Å². The van der Waals surface area contributed by atoms with Crippen LogP contribution in [0.5, 0.6) is 5.75 Å². The summed E-state index contributed by atoms with van der Waals surface area (Å²) in [6.45, 7) is 1.98. The Morgan fingerprint density at radius 1 is 1.13 bits per heavy atom. The van der Waals surface area contributed by atoms with Gasteiger partial charge in [0.1, 0.15) is 11.4 Å². The van der Waals surface area contributed by atoms with E-state index >= 15 is 0 Å². The lowest BCUT2D eigenvalue weighted by Gasteiger charge is -2.11. The third-order valence-corrected chi connectivity index (χ3v) is 3.51. The van der Waals surface area contributed by atoms with Crippen molar-refractivity contribution in [3.8, 4) is 22.7 Å².